The van der Waals surface area contributed by atoms with Gasteiger partial charge in [-0.2, -0.15) is 0 Å². The van der Waals surface area contributed by atoms with Crippen molar-refractivity contribution in [3.63, 3.8) is 0 Å². The van der Waals surface area contributed by atoms with Gasteiger partial charge in [-0.3, -0.25) is 0 Å². The van der Waals surface area contributed by atoms with Crippen LogP contribution in [0.3, 0.4) is 0 Å². The van der Waals surface area contributed by atoms with Gasteiger partial charge in [-0.15, -0.1) is 0 Å². The fourth-order valence-electron chi connectivity index (χ4n) is 2.30. The van der Waals surface area contributed by atoms with Gasteiger partial charge in [0, 0.05) is 29.8 Å². The summed E-state index contributed by atoms with van der Waals surface area (Å²) in [6.45, 7) is 8.86. The fraction of sp³-hybridized carbons (Fsp3) is 0.647. The van der Waals surface area contributed by atoms with E-state index in [1.807, 2.05) is 0 Å². The van der Waals surface area contributed by atoms with Crippen LogP contribution in [0.2, 0.25) is 0 Å². The molecule has 2 nitrogen and oxygen atoms in total. The summed E-state index contributed by atoms with van der Waals surface area (Å²) in [5.74, 6) is 0. The van der Waals surface area contributed by atoms with E-state index in [0.29, 0.717) is 6.04 Å². The van der Waals surface area contributed by atoms with Gasteiger partial charge < -0.3 is 10.2 Å². The molecule has 1 N–H and O–H groups in total. The summed E-state index contributed by atoms with van der Waals surface area (Å²) in [7, 11) is 2.18. The number of anilines is 1. The molecule has 0 aliphatic carbocycles. The van der Waals surface area contributed by atoms with E-state index in [-0.39, 0.29) is 0 Å². The predicted molar refractivity (Wildman–Crippen MR) is 93.6 cm³/mol. The van der Waals surface area contributed by atoms with E-state index in [9.17, 15) is 0 Å². The maximum atomic E-state index is 3.72. The first-order valence-corrected chi connectivity index (χ1v) is 8.63. The van der Waals surface area contributed by atoms with E-state index in [0.717, 1.165) is 13.1 Å². The van der Waals surface area contributed by atoms with Crippen molar-refractivity contribution < 1.29 is 0 Å². The smallest absolute Gasteiger partial charge is 0.0375 e. The predicted octanol–water partition coefficient (Wildman–Crippen LogP) is 5.14. The molecule has 1 unspecified atom stereocenters. The standard InChI is InChI=1S/C17H29BrN2/c1-5-7-8-12-20(4)15-9-10-16(17(18)13-15)14(3)19-11-6-2/h9-10,13-14,19H,5-8,11-12H2,1-4H3. The molecule has 0 bridgehead atoms. The van der Waals surface area contributed by atoms with Crippen LogP contribution in [0.25, 0.3) is 0 Å². The van der Waals surface area contributed by atoms with E-state index < -0.39 is 0 Å². The van der Waals surface area contributed by atoms with Crippen molar-refractivity contribution in [1.29, 1.82) is 0 Å². The molecular formula is C17H29BrN2. The highest BCUT2D eigenvalue weighted by molar-refractivity contribution is 9.10. The Morgan fingerprint density at radius 1 is 1.20 bits per heavy atom. The van der Waals surface area contributed by atoms with Gasteiger partial charge in [0.15, 0.2) is 0 Å². The molecule has 0 heterocycles. The number of nitrogens with one attached hydrogen (secondary N) is 1. The van der Waals surface area contributed by atoms with E-state index >= 15 is 0 Å². The summed E-state index contributed by atoms with van der Waals surface area (Å²) in [5, 5.41) is 3.54. The van der Waals surface area contributed by atoms with Crippen LogP contribution in [0.5, 0.6) is 0 Å². The minimum Gasteiger partial charge on any atom is -0.375 e. The van der Waals surface area contributed by atoms with E-state index in [1.165, 1.54) is 41.4 Å². The highest BCUT2D eigenvalue weighted by Crippen LogP contribution is 2.28. The Morgan fingerprint density at radius 3 is 2.55 bits per heavy atom. The van der Waals surface area contributed by atoms with Crippen LogP contribution < -0.4 is 10.2 Å². The summed E-state index contributed by atoms with van der Waals surface area (Å²) < 4.78 is 1.20. The van der Waals surface area contributed by atoms with Gasteiger partial charge in [0.05, 0.1) is 0 Å². The molecule has 0 aliphatic heterocycles. The highest BCUT2D eigenvalue weighted by atomic mass is 79.9. The van der Waals surface area contributed by atoms with Gasteiger partial charge in [0.1, 0.15) is 0 Å². The molecule has 0 saturated carbocycles. The molecule has 0 spiro atoms. The zero-order valence-corrected chi connectivity index (χ0v) is 15.0. The Bertz CT molecular complexity index is 393. The van der Waals surface area contributed by atoms with Crippen molar-refractivity contribution in [1.82, 2.24) is 5.32 Å². The lowest BCUT2D eigenvalue weighted by Crippen LogP contribution is -2.21. The lowest BCUT2D eigenvalue weighted by Gasteiger charge is -2.22. The molecule has 0 fully saturated rings. The number of halogens is 1. The average molecular weight is 341 g/mol. The first-order valence-electron chi connectivity index (χ1n) is 7.84. The number of hydrogen-bond donors (Lipinski definition) is 1. The summed E-state index contributed by atoms with van der Waals surface area (Å²) in [5.41, 5.74) is 2.63. The second kappa shape index (κ2) is 9.41. The molecular weight excluding hydrogens is 312 g/mol. The molecule has 0 aromatic heterocycles. The van der Waals surface area contributed by atoms with Crippen molar-refractivity contribution in [2.24, 2.45) is 0 Å². The third kappa shape index (κ3) is 5.45. The Balaban J connectivity index is 2.66. The zero-order chi connectivity index (χ0) is 15.0. The number of rotatable bonds is 9. The number of unbranched alkanes of at least 4 members (excludes halogenated alkanes) is 2. The molecule has 1 atom stereocenters. The van der Waals surface area contributed by atoms with E-state index in [4.69, 9.17) is 0 Å². The third-order valence-corrected chi connectivity index (χ3v) is 4.38. The van der Waals surface area contributed by atoms with Crippen molar-refractivity contribution in [3.05, 3.63) is 28.2 Å². The zero-order valence-electron chi connectivity index (χ0n) is 13.4. The van der Waals surface area contributed by atoms with Crippen molar-refractivity contribution in [2.45, 2.75) is 52.5 Å². The molecule has 0 saturated heterocycles. The second-order valence-electron chi connectivity index (χ2n) is 5.51. The first-order chi connectivity index (χ1) is 9.60. The van der Waals surface area contributed by atoms with Gasteiger partial charge in [0.2, 0.25) is 0 Å². The molecule has 1 aromatic rings. The minimum atomic E-state index is 0.392. The largest absolute Gasteiger partial charge is 0.375 e. The molecule has 3 heteroatoms. The Labute approximate surface area is 133 Å². The van der Waals surface area contributed by atoms with Crippen LogP contribution in [-0.4, -0.2) is 20.1 Å². The Morgan fingerprint density at radius 2 is 1.95 bits per heavy atom. The molecule has 20 heavy (non-hydrogen) atoms. The first kappa shape index (κ1) is 17.5. The van der Waals surface area contributed by atoms with Gasteiger partial charge in [-0.1, -0.05) is 48.7 Å². The normalized spacial score (nSPS) is 12.4. The summed E-state index contributed by atoms with van der Waals surface area (Å²) >= 11 is 3.72. The summed E-state index contributed by atoms with van der Waals surface area (Å²) in [6, 6.07) is 7.11. The van der Waals surface area contributed by atoms with Crippen LogP contribution in [0.4, 0.5) is 5.69 Å². The van der Waals surface area contributed by atoms with Crippen molar-refractivity contribution >= 4 is 21.6 Å². The average Bonchev–Trinajstić information content (AvgIpc) is 2.44. The van der Waals surface area contributed by atoms with Gasteiger partial charge >= 0.3 is 0 Å². The third-order valence-electron chi connectivity index (χ3n) is 3.69. The highest BCUT2D eigenvalue weighted by Gasteiger charge is 2.10. The number of benzene rings is 1. The second-order valence-corrected chi connectivity index (χ2v) is 6.36. The van der Waals surface area contributed by atoms with E-state index in [2.05, 4.69) is 72.2 Å². The molecule has 0 radical (unpaired) electrons. The number of hydrogen-bond acceptors (Lipinski definition) is 2. The summed E-state index contributed by atoms with van der Waals surface area (Å²) in [4.78, 5) is 2.34. The van der Waals surface area contributed by atoms with E-state index in [1.54, 1.807) is 0 Å². The topological polar surface area (TPSA) is 15.3 Å². The molecule has 1 rings (SSSR count). The SMILES string of the molecule is CCCCCN(C)c1ccc(C(C)NCCC)c(Br)c1. The Hall–Kier alpha value is -0.540. The molecule has 1 aromatic carbocycles. The van der Waals surface area contributed by atoms with Gasteiger partial charge in [-0.25, -0.2) is 0 Å². The van der Waals surface area contributed by atoms with Crippen LogP contribution in [-0.2, 0) is 0 Å². The molecule has 114 valence electrons. The van der Waals surface area contributed by atoms with Crippen LogP contribution in [0.1, 0.15) is 58.1 Å². The maximum absolute atomic E-state index is 3.72. The fourth-order valence-corrected chi connectivity index (χ4v) is 3.01. The van der Waals surface area contributed by atoms with Crippen molar-refractivity contribution in [3.8, 4) is 0 Å². The van der Waals surface area contributed by atoms with Crippen LogP contribution in [0.15, 0.2) is 22.7 Å². The van der Waals surface area contributed by atoms with Crippen LogP contribution >= 0.6 is 15.9 Å². The summed E-state index contributed by atoms with van der Waals surface area (Å²) in [6.07, 6.45) is 5.01. The minimum absolute atomic E-state index is 0.392. The Kier molecular flexibility index (Phi) is 8.24. The lowest BCUT2D eigenvalue weighted by atomic mass is 10.1. The monoisotopic (exact) mass is 340 g/mol. The van der Waals surface area contributed by atoms with Gasteiger partial charge in [-0.05, 0) is 44.0 Å². The lowest BCUT2D eigenvalue weighted by molar-refractivity contribution is 0.569. The van der Waals surface area contributed by atoms with Crippen molar-refractivity contribution in [2.75, 3.05) is 25.0 Å². The quantitative estimate of drug-likeness (QED) is 0.626. The molecule has 0 aliphatic rings. The maximum Gasteiger partial charge on any atom is 0.0375 e. The molecule has 0 amide bonds. The van der Waals surface area contributed by atoms with Gasteiger partial charge in [0.25, 0.3) is 0 Å². The number of nitrogens with zero attached hydrogens (tertiary/aromatic N) is 1. The van der Waals surface area contributed by atoms with Crippen LogP contribution in [0, 0.1) is 0 Å².